The molecule has 0 heterocycles. The molecule has 1 unspecified atom stereocenters. The summed E-state index contributed by atoms with van der Waals surface area (Å²) in [5.41, 5.74) is 0.534. The van der Waals surface area contributed by atoms with Gasteiger partial charge in [0.1, 0.15) is 6.04 Å². The minimum atomic E-state index is -0.609. The van der Waals surface area contributed by atoms with E-state index in [1.165, 1.54) is 0 Å². The third kappa shape index (κ3) is 6.97. The van der Waals surface area contributed by atoms with E-state index in [-0.39, 0.29) is 30.8 Å². The van der Waals surface area contributed by atoms with Crippen LogP contribution in [-0.2, 0) is 14.4 Å². The number of rotatable bonds is 8. The third-order valence-corrected chi connectivity index (χ3v) is 3.52. The molecule has 8 heteroatoms. The quantitative estimate of drug-likeness (QED) is 0.503. The maximum Gasteiger partial charge on any atom is 0.279 e. The van der Waals surface area contributed by atoms with E-state index >= 15 is 0 Å². The van der Waals surface area contributed by atoms with Gasteiger partial charge in [0.2, 0.25) is 5.91 Å². The van der Waals surface area contributed by atoms with Crippen LogP contribution in [0.2, 0.25) is 5.02 Å². The van der Waals surface area contributed by atoms with E-state index in [1.54, 1.807) is 38.2 Å². The Morgan fingerprint density at radius 1 is 1.17 bits per heavy atom. The van der Waals surface area contributed by atoms with E-state index in [0.29, 0.717) is 22.2 Å². The molecule has 1 rings (SSSR count). The molecule has 0 aliphatic carbocycles. The van der Waals surface area contributed by atoms with Gasteiger partial charge in [0.15, 0.2) is 13.1 Å². The van der Waals surface area contributed by atoms with Crippen molar-refractivity contribution in [2.45, 2.75) is 19.9 Å². The molecule has 0 radical (unpaired) electrons. The largest absolute Gasteiger partial charge is 0.355 e. The summed E-state index contributed by atoms with van der Waals surface area (Å²) in [6.07, 6.45) is 0. The summed E-state index contributed by atoms with van der Waals surface area (Å²) in [6, 6.07) is 6.33. The van der Waals surface area contributed by atoms with E-state index in [0.717, 1.165) is 0 Å². The van der Waals surface area contributed by atoms with Crippen molar-refractivity contribution in [3.63, 3.8) is 0 Å². The van der Waals surface area contributed by atoms with E-state index < -0.39 is 6.04 Å². The third-order valence-electron chi connectivity index (χ3n) is 3.19. The van der Waals surface area contributed by atoms with Crippen molar-refractivity contribution in [1.82, 2.24) is 10.6 Å². The van der Waals surface area contributed by atoms with Gasteiger partial charge in [-0.1, -0.05) is 23.7 Å². The number of carbonyl (C=O) groups excluding carboxylic acids is 3. The van der Waals surface area contributed by atoms with Gasteiger partial charge in [-0.3, -0.25) is 14.4 Å². The Morgan fingerprint density at radius 3 is 2.42 bits per heavy atom. The van der Waals surface area contributed by atoms with Gasteiger partial charge in [-0.15, -0.1) is 0 Å². The first kappa shape index (κ1) is 19.9. The molecule has 0 saturated heterocycles. The summed E-state index contributed by atoms with van der Waals surface area (Å²) < 4.78 is 0. The Hall–Kier alpha value is -2.12. The highest BCUT2D eigenvalue weighted by atomic mass is 35.5. The van der Waals surface area contributed by atoms with E-state index in [1.807, 2.05) is 6.92 Å². The number of carbonyl (C=O) groups is 3. The van der Waals surface area contributed by atoms with Crippen molar-refractivity contribution in [1.29, 1.82) is 0 Å². The summed E-state index contributed by atoms with van der Waals surface area (Å²) in [4.78, 5) is 36.2. The van der Waals surface area contributed by atoms with Crippen LogP contribution < -0.4 is 20.9 Å². The van der Waals surface area contributed by atoms with Crippen LogP contribution >= 0.6 is 11.6 Å². The van der Waals surface area contributed by atoms with Gasteiger partial charge in [0.25, 0.3) is 11.8 Å². The van der Waals surface area contributed by atoms with Crippen molar-refractivity contribution in [3.8, 4) is 0 Å². The molecule has 0 bridgehead atoms. The molecule has 24 heavy (non-hydrogen) atoms. The molecule has 2 atom stereocenters. The number of quaternary nitrogens is 1. The van der Waals surface area contributed by atoms with Crippen LogP contribution in [0.25, 0.3) is 0 Å². The molecule has 0 spiro atoms. The first-order valence-corrected chi connectivity index (χ1v) is 8.14. The molecule has 0 fully saturated rings. The summed E-state index contributed by atoms with van der Waals surface area (Å²) in [5, 5.41) is 8.39. The summed E-state index contributed by atoms with van der Waals surface area (Å²) in [7, 11) is 1.72. The van der Waals surface area contributed by atoms with Gasteiger partial charge in [0, 0.05) is 6.54 Å². The van der Waals surface area contributed by atoms with Crippen LogP contribution in [0.3, 0.4) is 0 Å². The Balaban J connectivity index is 2.41. The highest BCUT2D eigenvalue weighted by molar-refractivity contribution is 6.33. The van der Waals surface area contributed by atoms with Crippen LogP contribution in [0.4, 0.5) is 5.69 Å². The average Bonchev–Trinajstić information content (AvgIpc) is 2.49. The molecule has 132 valence electrons. The Labute approximate surface area is 146 Å². The molecule has 0 aromatic heterocycles. The predicted octanol–water partition coefficient (Wildman–Crippen LogP) is -0.566. The molecule has 0 saturated carbocycles. The van der Waals surface area contributed by atoms with Gasteiger partial charge in [-0.2, -0.15) is 0 Å². The maximum atomic E-state index is 12.0. The predicted molar refractivity (Wildman–Crippen MR) is 93.0 cm³/mol. The lowest BCUT2D eigenvalue weighted by atomic mass is 10.3. The minimum absolute atomic E-state index is 0.0830. The first-order valence-electron chi connectivity index (χ1n) is 7.76. The second kappa shape index (κ2) is 9.89. The summed E-state index contributed by atoms with van der Waals surface area (Å²) in [6.45, 7) is 4.12. The van der Waals surface area contributed by atoms with Crippen LogP contribution in [0.1, 0.15) is 13.8 Å². The van der Waals surface area contributed by atoms with Crippen molar-refractivity contribution >= 4 is 35.0 Å². The fourth-order valence-corrected chi connectivity index (χ4v) is 2.24. The standard InChI is InChI=1S/C16H23ClN4O3/c1-4-18-16(24)11(2)19-14(22)9-21(3)10-15(23)20-13-8-6-5-7-12(13)17/h5-8,11H,4,9-10H2,1-3H3,(H,18,24)(H,19,22)(H,20,23)/p+1/t11-/m1/s1. The molecular formula is C16H24ClN4O3+. The normalized spacial score (nSPS) is 12.8. The zero-order valence-corrected chi connectivity index (χ0v) is 14.9. The Morgan fingerprint density at radius 2 is 1.79 bits per heavy atom. The van der Waals surface area contributed by atoms with E-state index in [2.05, 4.69) is 16.0 Å². The number of para-hydroxylation sites is 1. The molecule has 1 aromatic carbocycles. The number of amides is 3. The second-order valence-corrected chi connectivity index (χ2v) is 5.93. The van der Waals surface area contributed by atoms with Gasteiger partial charge < -0.3 is 20.9 Å². The fourth-order valence-electron chi connectivity index (χ4n) is 2.05. The number of hydrogen-bond donors (Lipinski definition) is 4. The number of nitrogens with one attached hydrogen (secondary N) is 4. The molecule has 0 aliphatic rings. The lowest BCUT2D eigenvalue weighted by Gasteiger charge is -2.16. The maximum absolute atomic E-state index is 12.0. The average molecular weight is 356 g/mol. The van der Waals surface area contributed by atoms with Crippen LogP contribution in [-0.4, -0.2) is 50.4 Å². The monoisotopic (exact) mass is 355 g/mol. The smallest absolute Gasteiger partial charge is 0.279 e. The highest BCUT2D eigenvalue weighted by Gasteiger charge is 2.19. The van der Waals surface area contributed by atoms with Gasteiger partial charge in [0.05, 0.1) is 17.8 Å². The van der Waals surface area contributed by atoms with Crippen molar-refractivity contribution < 1.29 is 19.3 Å². The topological polar surface area (TPSA) is 91.7 Å². The number of anilines is 1. The number of benzene rings is 1. The van der Waals surface area contributed by atoms with Gasteiger partial charge in [-0.25, -0.2) is 0 Å². The van der Waals surface area contributed by atoms with Gasteiger partial charge in [-0.05, 0) is 26.0 Å². The Kier molecular flexibility index (Phi) is 8.21. The number of halogens is 1. The minimum Gasteiger partial charge on any atom is -0.355 e. The molecule has 4 N–H and O–H groups in total. The van der Waals surface area contributed by atoms with E-state index in [9.17, 15) is 14.4 Å². The van der Waals surface area contributed by atoms with Crippen molar-refractivity contribution in [2.24, 2.45) is 0 Å². The number of likely N-dealkylation sites (N-methyl/N-ethyl adjacent to an activating group) is 2. The first-order chi connectivity index (χ1) is 11.3. The van der Waals surface area contributed by atoms with Crippen molar-refractivity contribution in [2.75, 3.05) is 32.0 Å². The van der Waals surface area contributed by atoms with E-state index in [4.69, 9.17) is 11.6 Å². The second-order valence-electron chi connectivity index (χ2n) is 5.52. The number of hydrogen-bond acceptors (Lipinski definition) is 3. The highest BCUT2D eigenvalue weighted by Crippen LogP contribution is 2.19. The lowest BCUT2D eigenvalue weighted by Crippen LogP contribution is -3.11. The zero-order valence-electron chi connectivity index (χ0n) is 14.1. The summed E-state index contributed by atoms with van der Waals surface area (Å²) in [5.74, 6) is -0.776. The van der Waals surface area contributed by atoms with Crippen LogP contribution in [0.5, 0.6) is 0 Å². The van der Waals surface area contributed by atoms with Gasteiger partial charge >= 0.3 is 0 Å². The summed E-state index contributed by atoms with van der Waals surface area (Å²) >= 11 is 5.98. The molecule has 3 amide bonds. The SMILES string of the molecule is CCNC(=O)[C@@H](C)NC(=O)C[NH+](C)CC(=O)Nc1ccccc1Cl. The molecule has 1 aromatic rings. The zero-order chi connectivity index (χ0) is 18.1. The van der Waals surface area contributed by atoms with Crippen LogP contribution in [0, 0.1) is 0 Å². The van der Waals surface area contributed by atoms with Crippen molar-refractivity contribution in [3.05, 3.63) is 29.3 Å². The molecule has 0 aliphatic heterocycles. The lowest BCUT2D eigenvalue weighted by molar-refractivity contribution is -0.862. The Bertz CT molecular complexity index is 594. The molecule has 7 nitrogen and oxygen atoms in total. The fraction of sp³-hybridized carbons (Fsp3) is 0.438. The molecular weight excluding hydrogens is 332 g/mol. The van der Waals surface area contributed by atoms with Crippen LogP contribution in [0.15, 0.2) is 24.3 Å².